The Kier molecular flexibility index (Phi) is 1.21. The lowest BCUT2D eigenvalue weighted by Crippen LogP contribution is -1.92. The first-order chi connectivity index (χ1) is 5.42. The van der Waals surface area contributed by atoms with Gasteiger partial charge in [0, 0.05) is 7.05 Å². The van der Waals surface area contributed by atoms with Crippen molar-refractivity contribution in [3.05, 3.63) is 12.5 Å². The summed E-state index contributed by atoms with van der Waals surface area (Å²) >= 11 is 0. The van der Waals surface area contributed by atoms with E-state index in [1.807, 2.05) is 0 Å². The van der Waals surface area contributed by atoms with Crippen LogP contribution in [0.15, 0.2) is 17.0 Å². The Balaban J connectivity index is 2.79. The second kappa shape index (κ2) is 2.19. The number of nitrogens with one attached hydrogen (secondary N) is 1. The standard InChI is InChI=1S/C6H6N4O/c1-7-5-4-2-10-11-6(4)9-3-8-5/h2-3H,1H3,(H,7,8,9). The summed E-state index contributed by atoms with van der Waals surface area (Å²) < 4.78 is 4.82. The van der Waals surface area contributed by atoms with Gasteiger partial charge in [-0.2, -0.15) is 4.98 Å². The van der Waals surface area contributed by atoms with Crippen LogP contribution < -0.4 is 5.32 Å². The third kappa shape index (κ3) is 0.813. The molecule has 0 amide bonds. The summed E-state index contributed by atoms with van der Waals surface area (Å²) in [4.78, 5) is 7.84. The van der Waals surface area contributed by atoms with Crippen molar-refractivity contribution in [1.29, 1.82) is 0 Å². The third-order valence-corrected chi connectivity index (χ3v) is 1.41. The molecule has 0 spiro atoms. The average molecular weight is 150 g/mol. The second-order valence-electron chi connectivity index (χ2n) is 2.02. The van der Waals surface area contributed by atoms with E-state index in [2.05, 4.69) is 20.4 Å². The molecule has 0 saturated carbocycles. The Morgan fingerprint density at radius 1 is 1.45 bits per heavy atom. The second-order valence-corrected chi connectivity index (χ2v) is 2.02. The molecule has 2 aromatic rings. The Bertz CT molecular complexity index is 369. The lowest BCUT2D eigenvalue weighted by molar-refractivity contribution is 0.448. The van der Waals surface area contributed by atoms with Crippen LogP contribution in [0.1, 0.15) is 0 Å². The van der Waals surface area contributed by atoms with Gasteiger partial charge in [-0.25, -0.2) is 4.98 Å². The first-order valence-electron chi connectivity index (χ1n) is 3.15. The fourth-order valence-electron chi connectivity index (χ4n) is 0.897. The smallest absolute Gasteiger partial charge is 0.262 e. The lowest BCUT2D eigenvalue weighted by atomic mass is 10.4. The number of aromatic nitrogens is 3. The molecule has 11 heavy (non-hydrogen) atoms. The van der Waals surface area contributed by atoms with Gasteiger partial charge >= 0.3 is 0 Å². The van der Waals surface area contributed by atoms with Crippen LogP contribution in [0.3, 0.4) is 0 Å². The summed E-state index contributed by atoms with van der Waals surface area (Å²) in [5.41, 5.74) is 0.504. The molecule has 0 aliphatic carbocycles. The highest BCUT2D eigenvalue weighted by Gasteiger charge is 2.03. The minimum absolute atomic E-state index is 0.504. The predicted octanol–water partition coefficient (Wildman–Crippen LogP) is 0.659. The van der Waals surface area contributed by atoms with Gasteiger partial charge in [-0.05, 0) is 0 Å². The maximum Gasteiger partial charge on any atom is 0.262 e. The van der Waals surface area contributed by atoms with E-state index < -0.39 is 0 Å². The maximum absolute atomic E-state index is 4.82. The normalized spacial score (nSPS) is 10.3. The third-order valence-electron chi connectivity index (χ3n) is 1.41. The predicted molar refractivity (Wildman–Crippen MR) is 39.1 cm³/mol. The van der Waals surface area contributed by atoms with Gasteiger partial charge in [-0.3, -0.25) is 0 Å². The molecule has 0 aliphatic rings. The lowest BCUT2D eigenvalue weighted by Gasteiger charge is -1.95. The van der Waals surface area contributed by atoms with Gasteiger partial charge in [0.15, 0.2) is 0 Å². The van der Waals surface area contributed by atoms with E-state index in [0.29, 0.717) is 5.71 Å². The molecule has 5 nitrogen and oxygen atoms in total. The van der Waals surface area contributed by atoms with Gasteiger partial charge in [-0.1, -0.05) is 5.16 Å². The Morgan fingerprint density at radius 2 is 2.36 bits per heavy atom. The van der Waals surface area contributed by atoms with Crippen LogP contribution in [0.25, 0.3) is 11.1 Å². The number of hydrogen-bond donors (Lipinski definition) is 1. The van der Waals surface area contributed by atoms with Crippen LogP contribution in [0.2, 0.25) is 0 Å². The Hall–Kier alpha value is -1.65. The SMILES string of the molecule is CNc1ncnc2oncc12. The Labute approximate surface area is 62.4 Å². The zero-order valence-corrected chi connectivity index (χ0v) is 5.90. The molecular formula is C6H6N4O. The topological polar surface area (TPSA) is 63.8 Å². The van der Waals surface area contributed by atoms with Crippen molar-refractivity contribution in [2.24, 2.45) is 0 Å². The minimum Gasteiger partial charge on any atom is -0.372 e. The zero-order valence-electron chi connectivity index (χ0n) is 5.90. The summed E-state index contributed by atoms with van der Waals surface area (Å²) in [6, 6.07) is 0. The fraction of sp³-hybridized carbons (Fsp3) is 0.167. The van der Waals surface area contributed by atoms with Crippen molar-refractivity contribution >= 4 is 16.9 Å². The minimum atomic E-state index is 0.504. The molecule has 2 rings (SSSR count). The van der Waals surface area contributed by atoms with E-state index in [4.69, 9.17) is 4.52 Å². The summed E-state index contributed by atoms with van der Waals surface area (Å²) in [5, 5.41) is 7.30. The molecular weight excluding hydrogens is 144 g/mol. The van der Waals surface area contributed by atoms with E-state index >= 15 is 0 Å². The van der Waals surface area contributed by atoms with E-state index in [1.165, 1.54) is 6.33 Å². The van der Waals surface area contributed by atoms with Gasteiger partial charge in [-0.15, -0.1) is 0 Å². The van der Waals surface area contributed by atoms with Crippen molar-refractivity contribution < 1.29 is 4.52 Å². The molecule has 2 heterocycles. The number of anilines is 1. The summed E-state index contributed by atoms with van der Waals surface area (Å²) in [7, 11) is 1.79. The van der Waals surface area contributed by atoms with Gasteiger partial charge in [0.05, 0.1) is 6.20 Å². The molecule has 0 aromatic carbocycles. The van der Waals surface area contributed by atoms with Crippen LogP contribution in [0.5, 0.6) is 0 Å². The molecule has 1 N–H and O–H groups in total. The van der Waals surface area contributed by atoms with Crippen molar-refractivity contribution in [2.45, 2.75) is 0 Å². The number of hydrogen-bond acceptors (Lipinski definition) is 5. The highest BCUT2D eigenvalue weighted by molar-refractivity contribution is 5.83. The molecule has 0 saturated heterocycles. The molecule has 0 radical (unpaired) electrons. The zero-order chi connectivity index (χ0) is 7.68. The Morgan fingerprint density at radius 3 is 3.18 bits per heavy atom. The van der Waals surface area contributed by atoms with Gasteiger partial charge in [0.2, 0.25) is 0 Å². The first-order valence-corrected chi connectivity index (χ1v) is 3.15. The molecule has 5 heteroatoms. The van der Waals surface area contributed by atoms with Crippen molar-refractivity contribution in [3.63, 3.8) is 0 Å². The van der Waals surface area contributed by atoms with E-state index in [0.717, 1.165) is 11.2 Å². The van der Waals surface area contributed by atoms with Crippen molar-refractivity contribution in [1.82, 2.24) is 15.1 Å². The average Bonchev–Trinajstić information content (AvgIpc) is 2.50. The van der Waals surface area contributed by atoms with Crippen LogP contribution >= 0.6 is 0 Å². The summed E-state index contributed by atoms with van der Waals surface area (Å²) in [5.74, 6) is 0.733. The highest BCUT2D eigenvalue weighted by Crippen LogP contribution is 2.16. The van der Waals surface area contributed by atoms with E-state index in [9.17, 15) is 0 Å². The largest absolute Gasteiger partial charge is 0.372 e. The van der Waals surface area contributed by atoms with Crippen LogP contribution in [-0.2, 0) is 0 Å². The van der Waals surface area contributed by atoms with Crippen LogP contribution in [0, 0.1) is 0 Å². The molecule has 2 aromatic heterocycles. The van der Waals surface area contributed by atoms with Gasteiger partial charge in [0.1, 0.15) is 17.5 Å². The first kappa shape index (κ1) is 6.09. The van der Waals surface area contributed by atoms with Crippen molar-refractivity contribution in [3.8, 4) is 0 Å². The summed E-state index contributed by atoms with van der Waals surface area (Å²) in [6.07, 6.45) is 3.01. The summed E-state index contributed by atoms with van der Waals surface area (Å²) in [6.45, 7) is 0. The number of rotatable bonds is 1. The number of fused-ring (bicyclic) bond motifs is 1. The highest BCUT2D eigenvalue weighted by atomic mass is 16.5. The fourth-order valence-corrected chi connectivity index (χ4v) is 0.897. The molecule has 0 bridgehead atoms. The van der Waals surface area contributed by atoms with Crippen LogP contribution in [0.4, 0.5) is 5.82 Å². The monoisotopic (exact) mass is 150 g/mol. The maximum atomic E-state index is 4.82. The quantitative estimate of drug-likeness (QED) is 0.646. The van der Waals surface area contributed by atoms with E-state index in [-0.39, 0.29) is 0 Å². The van der Waals surface area contributed by atoms with Crippen molar-refractivity contribution in [2.75, 3.05) is 12.4 Å². The molecule has 0 fully saturated rings. The van der Waals surface area contributed by atoms with Crippen LogP contribution in [-0.4, -0.2) is 22.2 Å². The molecule has 56 valence electrons. The number of nitrogens with zero attached hydrogens (tertiary/aromatic N) is 3. The molecule has 0 unspecified atom stereocenters. The van der Waals surface area contributed by atoms with Gasteiger partial charge in [0.25, 0.3) is 5.71 Å². The molecule has 0 aliphatic heterocycles. The molecule has 0 atom stereocenters. The van der Waals surface area contributed by atoms with Gasteiger partial charge < -0.3 is 9.84 Å². The van der Waals surface area contributed by atoms with E-state index in [1.54, 1.807) is 13.2 Å².